The van der Waals surface area contributed by atoms with Crippen molar-refractivity contribution in [3.63, 3.8) is 0 Å². The van der Waals surface area contributed by atoms with Gasteiger partial charge in [-0.3, -0.25) is 0 Å². The molecule has 6 heteroatoms. The molecule has 0 unspecified atom stereocenters. The Morgan fingerprint density at radius 3 is 2.71 bits per heavy atom. The van der Waals surface area contributed by atoms with E-state index < -0.39 is 11.5 Å². The molecular weight excluding hydrogens is 202 g/mol. The van der Waals surface area contributed by atoms with E-state index >= 15 is 0 Å². The minimum atomic E-state index is -1.01. The van der Waals surface area contributed by atoms with Crippen LogP contribution in [-0.2, 0) is 11.2 Å². The third kappa shape index (κ3) is 2.41. The lowest BCUT2D eigenvalue weighted by Gasteiger charge is -2.19. The van der Waals surface area contributed by atoms with Crippen LogP contribution in [0, 0.1) is 0 Å². The number of nitrogens with one attached hydrogen (secondary N) is 1. The zero-order valence-corrected chi connectivity index (χ0v) is 9.18. The fraction of sp³-hybridized carbons (Fsp3) is 0.625. The highest BCUT2D eigenvalue weighted by Gasteiger charge is 2.27. The Kier molecular flexibility index (Phi) is 3.05. The Morgan fingerprint density at radius 1 is 1.64 bits per heavy atom. The van der Waals surface area contributed by atoms with Gasteiger partial charge in [-0.1, -0.05) is 6.92 Å². The number of rotatable bonds is 4. The monoisotopic (exact) mass is 215 g/mol. The molecule has 5 nitrogen and oxygen atoms in total. The fourth-order valence-corrected chi connectivity index (χ4v) is 1.58. The molecule has 0 spiro atoms. The number of carbonyl (C=O) groups is 1. The number of carboxylic acids is 1. The SMILES string of the molecule is CCc1nsc(NC(C)(C)C(=O)O)n1. The number of nitrogens with zero attached hydrogens (tertiary/aromatic N) is 2. The van der Waals surface area contributed by atoms with E-state index in [1.54, 1.807) is 13.8 Å². The summed E-state index contributed by atoms with van der Waals surface area (Å²) >= 11 is 1.18. The van der Waals surface area contributed by atoms with Crippen LogP contribution in [0.4, 0.5) is 5.13 Å². The maximum Gasteiger partial charge on any atom is 0.328 e. The van der Waals surface area contributed by atoms with E-state index in [9.17, 15) is 4.79 Å². The molecule has 1 rings (SSSR count). The number of hydrogen-bond donors (Lipinski definition) is 2. The number of anilines is 1. The largest absolute Gasteiger partial charge is 0.480 e. The van der Waals surface area contributed by atoms with Gasteiger partial charge in [0.1, 0.15) is 11.4 Å². The van der Waals surface area contributed by atoms with Gasteiger partial charge in [0.25, 0.3) is 0 Å². The maximum absolute atomic E-state index is 10.8. The molecule has 0 aliphatic heterocycles. The molecule has 0 fully saturated rings. The molecular formula is C8H13N3O2S. The van der Waals surface area contributed by atoms with Crippen LogP contribution in [-0.4, -0.2) is 26.0 Å². The van der Waals surface area contributed by atoms with Crippen molar-refractivity contribution >= 4 is 22.6 Å². The van der Waals surface area contributed by atoms with Crippen LogP contribution in [0.15, 0.2) is 0 Å². The number of aryl methyl sites for hydroxylation is 1. The topological polar surface area (TPSA) is 75.1 Å². The Bertz CT molecular complexity index is 335. The van der Waals surface area contributed by atoms with E-state index in [4.69, 9.17) is 5.11 Å². The Hall–Kier alpha value is -1.17. The zero-order chi connectivity index (χ0) is 10.8. The van der Waals surface area contributed by atoms with Gasteiger partial charge in [0.05, 0.1) is 0 Å². The van der Waals surface area contributed by atoms with E-state index in [2.05, 4.69) is 14.7 Å². The van der Waals surface area contributed by atoms with Crippen molar-refractivity contribution in [3.05, 3.63) is 5.82 Å². The molecule has 0 aliphatic rings. The molecule has 14 heavy (non-hydrogen) atoms. The average Bonchev–Trinajstić information content (AvgIpc) is 2.51. The van der Waals surface area contributed by atoms with E-state index in [1.807, 2.05) is 6.92 Å². The molecule has 0 saturated heterocycles. The van der Waals surface area contributed by atoms with Crippen molar-refractivity contribution in [2.24, 2.45) is 0 Å². The van der Waals surface area contributed by atoms with Crippen molar-refractivity contribution in [3.8, 4) is 0 Å². The molecule has 1 aromatic heterocycles. The van der Waals surface area contributed by atoms with Gasteiger partial charge in [-0.2, -0.15) is 4.37 Å². The summed E-state index contributed by atoms with van der Waals surface area (Å²) < 4.78 is 4.05. The lowest BCUT2D eigenvalue weighted by molar-refractivity contribution is -0.141. The molecule has 2 N–H and O–H groups in total. The number of aliphatic carboxylic acids is 1. The first-order valence-corrected chi connectivity index (χ1v) is 5.07. The van der Waals surface area contributed by atoms with Crippen LogP contribution in [0.5, 0.6) is 0 Å². The number of carboxylic acid groups (broad SMARTS) is 1. The Balaban J connectivity index is 2.73. The van der Waals surface area contributed by atoms with Crippen LogP contribution >= 0.6 is 11.5 Å². The molecule has 0 aliphatic carbocycles. The summed E-state index contributed by atoms with van der Waals surface area (Å²) in [6.07, 6.45) is 0.756. The highest BCUT2D eigenvalue weighted by atomic mass is 32.1. The summed E-state index contributed by atoms with van der Waals surface area (Å²) in [5.74, 6) is -0.176. The van der Waals surface area contributed by atoms with E-state index in [1.165, 1.54) is 11.5 Å². The van der Waals surface area contributed by atoms with Crippen molar-refractivity contribution in [1.29, 1.82) is 0 Å². The first kappa shape index (κ1) is 10.9. The fourth-order valence-electron chi connectivity index (χ4n) is 0.769. The van der Waals surface area contributed by atoms with Gasteiger partial charge in [0.15, 0.2) is 0 Å². The molecule has 0 saturated carbocycles. The van der Waals surface area contributed by atoms with Crippen molar-refractivity contribution < 1.29 is 9.90 Å². The van der Waals surface area contributed by atoms with E-state index in [-0.39, 0.29) is 0 Å². The summed E-state index contributed by atoms with van der Waals surface area (Å²) in [5, 5.41) is 12.2. The molecule has 0 radical (unpaired) electrons. The molecule has 0 aromatic carbocycles. The van der Waals surface area contributed by atoms with Gasteiger partial charge in [-0.25, -0.2) is 9.78 Å². The van der Waals surface area contributed by atoms with Crippen LogP contribution in [0.1, 0.15) is 26.6 Å². The zero-order valence-electron chi connectivity index (χ0n) is 8.37. The van der Waals surface area contributed by atoms with Crippen LogP contribution in [0.25, 0.3) is 0 Å². The van der Waals surface area contributed by atoms with E-state index in [0.717, 1.165) is 12.2 Å². The summed E-state index contributed by atoms with van der Waals surface area (Å²) in [7, 11) is 0. The lowest BCUT2D eigenvalue weighted by atomic mass is 10.1. The van der Waals surface area contributed by atoms with Gasteiger partial charge in [-0.15, -0.1) is 0 Å². The summed E-state index contributed by atoms with van der Waals surface area (Å²) in [6.45, 7) is 5.12. The lowest BCUT2D eigenvalue weighted by Crippen LogP contribution is -2.39. The minimum Gasteiger partial charge on any atom is -0.480 e. The second-order valence-corrected chi connectivity index (χ2v) is 4.18. The van der Waals surface area contributed by atoms with Gasteiger partial charge in [-0.05, 0) is 13.8 Å². The normalized spacial score (nSPS) is 11.4. The molecule has 78 valence electrons. The quantitative estimate of drug-likeness (QED) is 0.793. The Labute approximate surface area is 86.3 Å². The Morgan fingerprint density at radius 2 is 2.29 bits per heavy atom. The third-order valence-electron chi connectivity index (χ3n) is 1.74. The van der Waals surface area contributed by atoms with Gasteiger partial charge in [0, 0.05) is 18.0 Å². The number of aromatic nitrogens is 2. The molecule has 1 aromatic rings. The van der Waals surface area contributed by atoms with E-state index in [0.29, 0.717) is 5.13 Å². The molecule has 0 amide bonds. The standard InChI is InChI=1S/C8H13N3O2S/c1-4-5-9-7(14-11-5)10-8(2,3)6(12)13/h4H2,1-3H3,(H,12,13)(H,9,10,11). The molecule has 1 heterocycles. The smallest absolute Gasteiger partial charge is 0.328 e. The van der Waals surface area contributed by atoms with Crippen molar-refractivity contribution in [2.75, 3.05) is 5.32 Å². The van der Waals surface area contributed by atoms with Crippen molar-refractivity contribution in [1.82, 2.24) is 9.36 Å². The van der Waals surface area contributed by atoms with Crippen LogP contribution in [0.3, 0.4) is 0 Å². The summed E-state index contributed by atoms with van der Waals surface area (Å²) in [5.41, 5.74) is -1.01. The first-order chi connectivity index (χ1) is 6.45. The second kappa shape index (κ2) is 3.91. The molecule has 0 atom stereocenters. The van der Waals surface area contributed by atoms with Crippen molar-refractivity contribution in [2.45, 2.75) is 32.7 Å². The van der Waals surface area contributed by atoms with Gasteiger partial charge < -0.3 is 10.4 Å². The summed E-state index contributed by atoms with van der Waals surface area (Å²) in [4.78, 5) is 14.9. The summed E-state index contributed by atoms with van der Waals surface area (Å²) in [6, 6.07) is 0. The molecule has 0 bridgehead atoms. The number of hydrogen-bond acceptors (Lipinski definition) is 5. The van der Waals surface area contributed by atoms with Crippen LogP contribution < -0.4 is 5.32 Å². The maximum atomic E-state index is 10.8. The predicted molar refractivity (Wildman–Crippen MR) is 54.6 cm³/mol. The van der Waals surface area contributed by atoms with Crippen LogP contribution in [0.2, 0.25) is 0 Å². The average molecular weight is 215 g/mol. The highest BCUT2D eigenvalue weighted by Crippen LogP contribution is 2.17. The first-order valence-electron chi connectivity index (χ1n) is 4.30. The van der Waals surface area contributed by atoms with Gasteiger partial charge in [0.2, 0.25) is 5.13 Å². The predicted octanol–water partition coefficient (Wildman–Crippen LogP) is 1.38. The second-order valence-electron chi connectivity index (χ2n) is 3.42. The minimum absolute atomic E-state index is 0.550. The third-order valence-corrected chi connectivity index (χ3v) is 2.41. The van der Waals surface area contributed by atoms with Gasteiger partial charge >= 0.3 is 5.97 Å². The highest BCUT2D eigenvalue weighted by molar-refractivity contribution is 7.09.